The molecule has 1 saturated carbocycles. The van der Waals surface area contributed by atoms with Crippen LogP contribution in [0.15, 0.2) is 12.1 Å². The summed E-state index contributed by atoms with van der Waals surface area (Å²) in [6.07, 6.45) is 4.19. The van der Waals surface area contributed by atoms with Gasteiger partial charge in [0, 0.05) is 15.8 Å². The lowest BCUT2D eigenvalue weighted by atomic mass is 9.89. The molecule has 0 aromatic carbocycles. The van der Waals surface area contributed by atoms with Crippen molar-refractivity contribution < 1.29 is 0 Å². The Hall–Kier alpha value is -0.340. The highest BCUT2D eigenvalue weighted by atomic mass is 32.1. The van der Waals surface area contributed by atoms with Crippen LogP contribution in [-0.2, 0) is 5.41 Å². The second kappa shape index (κ2) is 5.34. The molecule has 1 aliphatic rings. The molecule has 0 radical (unpaired) electrons. The Morgan fingerprint density at radius 1 is 1.28 bits per heavy atom. The summed E-state index contributed by atoms with van der Waals surface area (Å²) >= 11 is 2.00. The van der Waals surface area contributed by atoms with Crippen LogP contribution >= 0.6 is 11.3 Å². The average Bonchev–Trinajstić information content (AvgIpc) is 2.89. The molecule has 0 aliphatic heterocycles. The molecule has 3 atom stereocenters. The maximum atomic E-state index is 3.57. The van der Waals surface area contributed by atoms with Gasteiger partial charge in [0.2, 0.25) is 0 Å². The lowest BCUT2D eigenvalue weighted by Gasteiger charge is -2.26. The average molecular weight is 265 g/mol. The Morgan fingerprint density at radius 3 is 2.44 bits per heavy atom. The SMILES string of the molecule is CNC(c1ccc(C(C)(C)C)s1)C1CCCC1C. The smallest absolute Gasteiger partial charge is 0.0443 e. The first-order valence-corrected chi connectivity index (χ1v) is 8.02. The van der Waals surface area contributed by atoms with Crippen molar-refractivity contribution in [2.24, 2.45) is 11.8 Å². The van der Waals surface area contributed by atoms with E-state index in [1.54, 1.807) is 0 Å². The van der Waals surface area contributed by atoms with Gasteiger partial charge < -0.3 is 5.32 Å². The van der Waals surface area contributed by atoms with Gasteiger partial charge in [-0.25, -0.2) is 0 Å². The largest absolute Gasteiger partial charge is 0.312 e. The zero-order valence-corrected chi connectivity index (χ0v) is 13.2. The summed E-state index contributed by atoms with van der Waals surface area (Å²) in [5.41, 5.74) is 0.280. The van der Waals surface area contributed by atoms with Crippen LogP contribution in [0.2, 0.25) is 0 Å². The predicted molar refractivity (Wildman–Crippen MR) is 81.3 cm³/mol. The van der Waals surface area contributed by atoms with Gasteiger partial charge in [-0.1, -0.05) is 40.5 Å². The van der Waals surface area contributed by atoms with Crippen LogP contribution in [-0.4, -0.2) is 7.05 Å². The van der Waals surface area contributed by atoms with E-state index in [0.717, 1.165) is 11.8 Å². The minimum atomic E-state index is 0.280. The van der Waals surface area contributed by atoms with Gasteiger partial charge in [0.25, 0.3) is 0 Å². The van der Waals surface area contributed by atoms with Gasteiger partial charge in [0.05, 0.1) is 0 Å². The van der Waals surface area contributed by atoms with Crippen molar-refractivity contribution in [3.8, 4) is 0 Å². The lowest BCUT2D eigenvalue weighted by Crippen LogP contribution is -2.26. The molecule has 0 spiro atoms. The third-order valence-electron chi connectivity index (χ3n) is 4.34. The van der Waals surface area contributed by atoms with E-state index in [1.807, 2.05) is 11.3 Å². The molecule has 3 unspecified atom stereocenters. The molecule has 18 heavy (non-hydrogen) atoms. The topological polar surface area (TPSA) is 12.0 Å². The van der Waals surface area contributed by atoms with Crippen LogP contribution in [0.4, 0.5) is 0 Å². The summed E-state index contributed by atoms with van der Waals surface area (Å²) in [5, 5.41) is 3.57. The van der Waals surface area contributed by atoms with E-state index in [9.17, 15) is 0 Å². The first-order chi connectivity index (χ1) is 8.43. The Bertz CT molecular complexity index is 388. The molecule has 1 fully saturated rings. The standard InChI is InChI=1S/C16H27NS/c1-11-7-6-8-12(11)15(17-5)13-9-10-14(18-13)16(2,3)4/h9-12,15,17H,6-8H2,1-5H3. The number of nitrogens with one attached hydrogen (secondary N) is 1. The molecule has 1 N–H and O–H groups in total. The fraction of sp³-hybridized carbons (Fsp3) is 0.750. The minimum absolute atomic E-state index is 0.280. The van der Waals surface area contributed by atoms with Gasteiger partial charge in [0.1, 0.15) is 0 Å². The Morgan fingerprint density at radius 2 is 2.00 bits per heavy atom. The molecular formula is C16H27NS. The molecule has 1 nitrogen and oxygen atoms in total. The third kappa shape index (κ3) is 2.80. The van der Waals surface area contributed by atoms with Gasteiger partial charge >= 0.3 is 0 Å². The van der Waals surface area contributed by atoms with Crippen molar-refractivity contribution in [1.29, 1.82) is 0 Å². The van der Waals surface area contributed by atoms with Crippen LogP contribution in [0.3, 0.4) is 0 Å². The monoisotopic (exact) mass is 265 g/mol. The van der Waals surface area contributed by atoms with Crippen LogP contribution in [0, 0.1) is 11.8 Å². The highest BCUT2D eigenvalue weighted by Gasteiger charge is 2.32. The second-order valence-electron chi connectivity index (χ2n) is 6.79. The Labute approximate surface area is 116 Å². The van der Waals surface area contributed by atoms with Crippen molar-refractivity contribution in [3.63, 3.8) is 0 Å². The number of rotatable bonds is 3. The molecule has 1 aromatic rings. The second-order valence-corrected chi connectivity index (χ2v) is 7.91. The fourth-order valence-electron chi connectivity index (χ4n) is 3.16. The van der Waals surface area contributed by atoms with Gasteiger partial charge in [-0.2, -0.15) is 0 Å². The summed E-state index contributed by atoms with van der Waals surface area (Å²) in [6, 6.07) is 5.23. The van der Waals surface area contributed by atoms with Gasteiger partial charge in [0.15, 0.2) is 0 Å². The first-order valence-electron chi connectivity index (χ1n) is 7.21. The predicted octanol–water partition coefficient (Wildman–Crippen LogP) is 4.74. The lowest BCUT2D eigenvalue weighted by molar-refractivity contribution is 0.319. The van der Waals surface area contributed by atoms with Gasteiger partial charge in [-0.05, 0) is 42.9 Å². The molecule has 1 aliphatic carbocycles. The van der Waals surface area contributed by atoms with Gasteiger partial charge in [-0.15, -0.1) is 11.3 Å². The summed E-state index contributed by atoms with van der Waals surface area (Å²) in [4.78, 5) is 3.03. The van der Waals surface area contributed by atoms with Crippen molar-refractivity contribution >= 4 is 11.3 Å². The first kappa shape index (κ1) is 14.1. The van der Waals surface area contributed by atoms with Crippen LogP contribution in [0.25, 0.3) is 0 Å². The highest BCUT2D eigenvalue weighted by Crippen LogP contribution is 2.42. The Kier molecular flexibility index (Phi) is 4.18. The van der Waals surface area contributed by atoms with E-state index >= 15 is 0 Å². The van der Waals surface area contributed by atoms with Crippen LogP contribution in [0.5, 0.6) is 0 Å². The number of hydrogen-bond acceptors (Lipinski definition) is 2. The van der Waals surface area contributed by atoms with Crippen molar-refractivity contribution in [2.45, 2.75) is 58.4 Å². The van der Waals surface area contributed by atoms with Crippen molar-refractivity contribution in [3.05, 3.63) is 21.9 Å². The minimum Gasteiger partial charge on any atom is -0.312 e. The summed E-state index contributed by atoms with van der Waals surface area (Å²) < 4.78 is 0. The van der Waals surface area contributed by atoms with E-state index in [-0.39, 0.29) is 5.41 Å². The summed E-state index contributed by atoms with van der Waals surface area (Å²) in [5.74, 6) is 1.68. The van der Waals surface area contributed by atoms with Crippen molar-refractivity contribution in [2.75, 3.05) is 7.05 Å². The zero-order valence-electron chi connectivity index (χ0n) is 12.4. The van der Waals surface area contributed by atoms with Crippen LogP contribution < -0.4 is 5.32 Å². The van der Waals surface area contributed by atoms with Crippen LogP contribution in [0.1, 0.15) is 62.8 Å². The molecule has 0 amide bonds. The number of thiophene rings is 1. The van der Waals surface area contributed by atoms with E-state index < -0.39 is 0 Å². The summed E-state index contributed by atoms with van der Waals surface area (Å²) in [6.45, 7) is 9.32. The quantitative estimate of drug-likeness (QED) is 0.832. The molecular weight excluding hydrogens is 238 g/mol. The van der Waals surface area contributed by atoms with E-state index in [2.05, 4.69) is 52.2 Å². The fourth-order valence-corrected chi connectivity index (χ4v) is 4.41. The van der Waals surface area contributed by atoms with E-state index in [4.69, 9.17) is 0 Å². The molecule has 0 saturated heterocycles. The molecule has 2 rings (SSSR count). The molecule has 1 aromatic heterocycles. The molecule has 2 heteroatoms. The molecule has 0 bridgehead atoms. The maximum Gasteiger partial charge on any atom is 0.0443 e. The van der Waals surface area contributed by atoms with Crippen molar-refractivity contribution in [1.82, 2.24) is 5.32 Å². The summed E-state index contributed by atoms with van der Waals surface area (Å²) in [7, 11) is 2.12. The normalized spacial score (nSPS) is 26.5. The Balaban J connectivity index is 2.20. The van der Waals surface area contributed by atoms with E-state index in [1.165, 1.54) is 29.0 Å². The third-order valence-corrected chi connectivity index (χ3v) is 5.93. The highest BCUT2D eigenvalue weighted by molar-refractivity contribution is 7.12. The molecule has 102 valence electrons. The van der Waals surface area contributed by atoms with E-state index in [0.29, 0.717) is 6.04 Å². The number of hydrogen-bond donors (Lipinski definition) is 1. The molecule has 1 heterocycles. The van der Waals surface area contributed by atoms with Gasteiger partial charge in [-0.3, -0.25) is 0 Å². The zero-order chi connectivity index (χ0) is 13.3. The maximum absolute atomic E-state index is 3.57.